The molecule has 3 N–H and O–H groups in total. The molecule has 0 radical (unpaired) electrons. The van der Waals surface area contributed by atoms with E-state index in [9.17, 15) is 13.5 Å². The topological polar surface area (TPSA) is 109 Å². The van der Waals surface area contributed by atoms with Crippen LogP contribution in [-0.2, 0) is 10.0 Å². The van der Waals surface area contributed by atoms with Crippen molar-refractivity contribution >= 4 is 26.5 Å². The van der Waals surface area contributed by atoms with Crippen molar-refractivity contribution in [1.29, 1.82) is 0 Å². The van der Waals surface area contributed by atoms with E-state index in [4.69, 9.17) is 5.73 Å². The lowest BCUT2D eigenvalue weighted by Gasteiger charge is -2.22. The average Bonchev–Trinajstić information content (AvgIpc) is 2.84. The lowest BCUT2D eigenvalue weighted by atomic mass is 10.0. The Morgan fingerprint density at radius 2 is 2.29 bits per heavy atom. The highest BCUT2D eigenvalue weighted by Crippen LogP contribution is 2.31. The van der Waals surface area contributed by atoms with Gasteiger partial charge in [0.25, 0.3) is 10.0 Å². The van der Waals surface area contributed by atoms with Crippen molar-refractivity contribution < 1.29 is 13.5 Å². The molecule has 1 aliphatic heterocycles. The number of nitrogens with two attached hydrogens (primary N) is 1. The maximum Gasteiger partial charge on any atom is 0.272 e. The molecule has 2 unspecified atom stereocenters. The molecule has 9 heteroatoms. The highest BCUT2D eigenvalue weighted by Gasteiger charge is 2.40. The van der Waals surface area contributed by atoms with Gasteiger partial charge in [0, 0.05) is 6.54 Å². The molecule has 1 fully saturated rings. The summed E-state index contributed by atoms with van der Waals surface area (Å²) in [7, 11) is -3.67. The zero-order chi connectivity index (χ0) is 12.6. The standard InChI is InChI=1S/C8H14N4O3S2/c1-5-2-3-12(6(5)4-13)17(14,15)8-11-10-7(9)16-8/h5-6,13H,2-4H2,1H3,(H2,9,10). The first-order chi connectivity index (χ1) is 7.96. The van der Waals surface area contributed by atoms with Crippen molar-refractivity contribution in [1.82, 2.24) is 14.5 Å². The molecule has 2 heterocycles. The smallest absolute Gasteiger partial charge is 0.272 e. The highest BCUT2D eigenvalue weighted by molar-refractivity contribution is 7.91. The summed E-state index contributed by atoms with van der Waals surface area (Å²) >= 11 is 0.840. The van der Waals surface area contributed by atoms with E-state index >= 15 is 0 Å². The van der Waals surface area contributed by atoms with Gasteiger partial charge in [-0.3, -0.25) is 0 Å². The highest BCUT2D eigenvalue weighted by atomic mass is 32.2. The van der Waals surface area contributed by atoms with Crippen LogP contribution in [0.1, 0.15) is 13.3 Å². The van der Waals surface area contributed by atoms with Gasteiger partial charge in [0.15, 0.2) is 0 Å². The number of nitrogens with zero attached hydrogens (tertiary/aromatic N) is 3. The maximum absolute atomic E-state index is 12.2. The van der Waals surface area contributed by atoms with Gasteiger partial charge in [0.05, 0.1) is 12.6 Å². The van der Waals surface area contributed by atoms with Crippen LogP contribution in [0.2, 0.25) is 0 Å². The number of nitrogen functional groups attached to an aromatic ring is 1. The van der Waals surface area contributed by atoms with Gasteiger partial charge in [-0.25, -0.2) is 8.42 Å². The third-order valence-corrected chi connectivity index (χ3v) is 5.99. The molecule has 0 amide bonds. The van der Waals surface area contributed by atoms with Crippen LogP contribution in [0.5, 0.6) is 0 Å². The number of rotatable bonds is 3. The fourth-order valence-electron chi connectivity index (χ4n) is 1.97. The molecule has 0 aliphatic carbocycles. The van der Waals surface area contributed by atoms with Gasteiger partial charge < -0.3 is 10.8 Å². The molecule has 17 heavy (non-hydrogen) atoms. The van der Waals surface area contributed by atoms with Crippen molar-refractivity contribution in [2.24, 2.45) is 5.92 Å². The summed E-state index contributed by atoms with van der Waals surface area (Å²) < 4.78 is 25.6. The van der Waals surface area contributed by atoms with Gasteiger partial charge in [-0.15, -0.1) is 10.2 Å². The third-order valence-electron chi connectivity index (χ3n) is 2.97. The second-order valence-corrected chi connectivity index (χ2v) is 7.11. The van der Waals surface area contributed by atoms with E-state index in [1.165, 1.54) is 4.31 Å². The van der Waals surface area contributed by atoms with E-state index in [2.05, 4.69) is 10.2 Å². The van der Waals surface area contributed by atoms with Crippen molar-refractivity contribution in [3.05, 3.63) is 0 Å². The van der Waals surface area contributed by atoms with Gasteiger partial charge in [0.2, 0.25) is 9.47 Å². The molecule has 0 saturated carbocycles. The largest absolute Gasteiger partial charge is 0.395 e. The van der Waals surface area contributed by atoms with Crippen molar-refractivity contribution in [3.8, 4) is 0 Å². The SMILES string of the molecule is CC1CCN(S(=O)(=O)c2nnc(N)s2)C1CO. The average molecular weight is 278 g/mol. The van der Waals surface area contributed by atoms with Gasteiger partial charge in [0.1, 0.15) is 0 Å². The molecule has 2 atom stereocenters. The number of hydrogen-bond acceptors (Lipinski definition) is 7. The molecule has 1 saturated heterocycles. The third kappa shape index (κ3) is 2.15. The van der Waals surface area contributed by atoms with Crippen LogP contribution < -0.4 is 5.73 Å². The van der Waals surface area contributed by atoms with Crippen molar-refractivity contribution in [2.75, 3.05) is 18.9 Å². The fourth-order valence-corrected chi connectivity index (χ4v) is 4.60. The maximum atomic E-state index is 12.2. The second kappa shape index (κ2) is 4.48. The normalized spacial score (nSPS) is 26.5. The van der Waals surface area contributed by atoms with Gasteiger partial charge in [-0.1, -0.05) is 18.3 Å². The Bertz CT molecular complexity index is 501. The Morgan fingerprint density at radius 3 is 2.82 bits per heavy atom. The summed E-state index contributed by atoms with van der Waals surface area (Å²) in [6, 6.07) is -0.384. The number of sulfonamides is 1. The molecule has 0 bridgehead atoms. The Labute approximate surface area is 103 Å². The Hall–Kier alpha value is -0.770. The van der Waals surface area contributed by atoms with Crippen LogP contribution in [0.25, 0.3) is 0 Å². The summed E-state index contributed by atoms with van der Waals surface area (Å²) in [5.41, 5.74) is 5.38. The Morgan fingerprint density at radius 1 is 1.59 bits per heavy atom. The van der Waals surface area contributed by atoms with Gasteiger partial charge >= 0.3 is 0 Å². The number of hydrogen-bond donors (Lipinski definition) is 2. The molecule has 7 nitrogen and oxygen atoms in total. The molecule has 1 aromatic heterocycles. The molecule has 96 valence electrons. The summed E-state index contributed by atoms with van der Waals surface area (Å²) in [5, 5.41) is 16.4. The fraction of sp³-hybridized carbons (Fsp3) is 0.750. The minimum absolute atomic E-state index is 0.109. The number of aliphatic hydroxyl groups is 1. The van der Waals surface area contributed by atoms with Crippen LogP contribution >= 0.6 is 11.3 Å². The Balaban J connectivity index is 2.33. The summed E-state index contributed by atoms with van der Waals surface area (Å²) in [6.07, 6.45) is 0.735. The minimum Gasteiger partial charge on any atom is -0.395 e. The van der Waals surface area contributed by atoms with E-state index < -0.39 is 10.0 Å². The Kier molecular flexibility index (Phi) is 3.34. The molecule has 1 aromatic rings. The van der Waals surface area contributed by atoms with E-state index in [-0.39, 0.29) is 28.0 Å². The molecule has 0 aromatic carbocycles. The number of anilines is 1. The first-order valence-electron chi connectivity index (χ1n) is 5.18. The first-order valence-corrected chi connectivity index (χ1v) is 7.44. The summed E-state index contributed by atoms with van der Waals surface area (Å²) in [5.74, 6) is 0.139. The second-order valence-electron chi connectivity index (χ2n) is 4.04. The first kappa shape index (κ1) is 12.7. The van der Waals surface area contributed by atoms with E-state index in [1.54, 1.807) is 0 Å². The minimum atomic E-state index is -3.67. The molecule has 2 rings (SSSR count). The summed E-state index contributed by atoms with van der Waals surface area (Å²) in [6.45, 7) is 2.13. The van der Waals surface area contributed by atoms with E-state index in [1.807, 2.05) is 6.92 Å². The van der Waals surface area contributed by atoms with Crippen LogP contribution in [0.3, 0.4) is 0 Å². The van der Waals surface area contributed by atoms with Crippen LogP contribution in [-0.4, -0.2) is 47.2 Å². The van der Waals surface area contributed by atoms with Crippen LogP contribution in [0.4, 0.5) is 5.13 Å². The predicted octanol–water partition coefficient (Wildman–Crippen LogP) is -0.488. The van der Waals surface area contributed by atoms with Crippen molar-refractivity contribution in [2.45, 2.75) is 23.7 Å². The van der Waals surface area contributed by atoms with E-state index in [0.29, 0.717) is 6.54 Å². The van der Waals surface area contributed by atoms with Gasteiger partial charge in [-0.05, 0) is 12.3 Å². The predicted molar refractivity (Wildman–Crippen MR) is 62.9 cm³/mol. The molecule has 0 spiro atoms. The van der Waals surface area contributed by atoms with Gasteiger partial charge in [-0.2, -0.15) is 4.31 Å². The lowest BCUT2D eigenvalue weighted by molar-refractivity contribution is 0.191. The van der Waals surface area contributed by atoms with Crippen molar-refractivity contribution in [3.63, 3.8) is 0 Å². The number of aromatic nitrogens is 2. The zero-order valence-electron chi connectivity index (χ0n) is 9.28. The molecular weight excluding hydrogens is 264 g/mol. The monoisotopic (exact) mass is 278 g/mol. The van der Waals surface area contributed by atoms with E-state index in [0.717, 1.165) is 17.8 Å². The molecular formula is C8H14N4O3S2. The zero-order valence-corrected chi connectivity index (χ0v) is 10.9. The summed E-state index contributed by atoms with van der Waals surface area (Å²) in [4.78, 5) is 0. The van der Waals surface area contributed by atoms with Crippen LogP contribution in [0, 0.1) is 5.92 Å². The number of aliphatic hydroxyl groups excluding tert-OH is 1. The van der Waals surface area contributed by atoms with Crippen LogP contribution in [0.15, 0.2) is 4.34 Å². The quantitative estimate of drug-likeness (QED) is 0.772. The lowest BCUT2D eigenvalue weighted by Crippen LogP contribution is -2.39. The molecule has 1 aliphatic rings.